The lowest BCUT2D eigenvalue weighted by Crippen LogP contribution is -2.52. The standard InChI is InChI=1S/C27H25ClN2O5.C6H5Cl.C2H6/c1-16-2-9-23(35-19-6-4-18(5-7-19)34-13-12-31)20(14-16)25-27(11-10-24(32)30-25)21-8-3-17(28)15-22(21)29-26(27)33;7-6-4-2-1-3-5-6;1-2/h2-9,14-15,25,31H,10-13H2,1H3,(H,29,33)(H,30,32);1-5H;1-2H3/t25-,27-;;/m1../s1. The molecule has 0 saturated carbocycles. The van der Waals surface area contributed by atoms with Crippen LogP contribution in [0.15, 0.2) is 91.0 Å². The van der Waals surface area contributed by atoms with Gasteiger partial charge in [-0.1, -0.05) is 79.0 Å². The van der Waals surface area contributed by atoms with Gasteiger partial charge >= 0.3 is 0 Å². The van der Waals surface area contributed by atoms with E-state index >= 15 is 0 Å². The Morgan fingerprint density at radius 2 is 1.59 bits per heavy atom. The summed E-state index contributed by atoms with van der Waals surface area (Å²) in [5.41, 5.74) is 2.19. The molecule has 4 aromatic rings. The third kappa shape index (κ3) is 7.36. The zero-order chi connectivity index (χ0) is 31.7. The first-order chi connectivity index (χ1) is 21.3. The van der Waals surface area contributed by atoms with Crippen molar-refractivity contribution in [2.24, 2.45) is 0 Å². The molecular formula is C35H36Cl2N2O5. The molecule has 44 heavy (non-hydrogen) atoms. The molecule has 230 valence electrons. The van der Waals surface area contributed by atoms with Gasteiger partial charge in [0.2, 0.25) is 11.8 Å². The van der Waals surface area contributed by atoms with E-state index in [0.29, 0.717) is 34.4 Å². The zero-order valence-electron chi connectivity index (χ0n) is 24.9. The average molecular weight is 636 g/mol. The van der Waals surface area contributed by atoms with Crippen molar-refractivity contribution in [3.05, 3.63) is 118 Å². The first-order valence-corrected chi connectivity index (χ1v) is 15.3. The topological polar surface area (TPSA) is 96.9 Å². The predicted molar refractivity (Wildman–Crippen MR) is 175 cm³/mol. The molecule has 9 heteroatoms. The van der Waals surface area contributed by atoms with Gasteiger partial charge in [0.1, 0.15) is 29.3 Å². The molecule has 2 amide bonds. The molecule has 0 bridgehead atoms. The molecule has 1 fully saturated rings. The average Bonchev–Trinajstić information content (AvgIpc) is 3.30. The normalized spacial score (nSPS) is 18.1. The van der Waals surface area contributed by atoms with Gasteiger partial charge in [-0.25, -0.2) is 0 Å². The summed E-state index contributed by atoms with van der Waals surface area (Å²) in [5, 5.41) is 16.3. The summed E-state index contributed by atoms with van der Waals surface area (Å²) >= 11 is 11.7. The molecule has 0 aliphatic carbocycles. The van der Waals surface area contributed by atoms with Crippen molar-refractivity contribution in [1.82, 2.24) is 5.32 Å². The summed E-state index contributed by atoms with van der Waals surface area (Å²) in [6.45, 7) is 6.10. The van der Waals surface area contributed by atoms with Crippen LogP contribution in [0.1, 0.15) is 49.4 Å². The molecule has 2 heterocycles. The minimum Gasteiger partial charge on any atom is -0.491 e. The lowest BCUT2D eigenvalue weighted by atomic mass is 9.67. The number of piperidine rings is 1. The van der Waals surface area contributed by atoms with Gasteiger partial charge in [-0.3, -0.25) is 9.59 Å². The van der Waals surface area contributed by atoms with Crippen LogP contribution in [-0.4, -0.2) is 30.1 Å². The van der Waals surface area contributed by atoms with Crippen LogP contribution in [0.2, 0.25) is 10.0 Å². The number of benzene rings is 4. The second kappa shape index (κ2) is 15.1. The first-order valence-electron chi connectivity index (χ1n) is 14.5. The summed E-state index contributed by atoms with van der Waals surface area (Å²) in [5.74, 6) is 1.45. The Bertz CT molecular complexity index is 1580. The molecule has 0 unspecified atom stereocenters. The fourth-order valence-electron chi connectivity index (χ4n) is 5.35. The van der Waals surface area contributed by atoms with Gasteiger partial charge in [-0.05, 0) is 73.5 Å². The first kappa shape index (κ1) is 32.9. The molecule has 1 spiro atoms. The monoisotopic (exact) mass is 634 g/mol. The molecule has 2 aliphatic heterocycles. The van der Waals surface area contributed by atoms with Gasteiger partial charge < -0.3 is 25.2 Å². The van der Waals surface area contributed by atoms with Crippen molar-refractivity contribution >= 4 is 40.7 Å². The van der Waals surface area contributed by atoms with E-state index in [0.717, 1.165) is 21.7 Å². The molecule has 1 saturated heterocycles. The van der Waals surface area contributed by atoms with Crippen LogP contribution >= 0.6 is 23.2 Å². The molecule has 2 atom stereocenters. The number of rotatable bonds is 6. The Morgan fingerprint density at radius 3 is 2.25 bits per heavy atom. The molecular weight excluding hydrogens is 599 g/mol. The number of ether oxygens (including phenoxy) is 2. The van der Waals surface area contributed by atoms with Crippen molar-refractivity contribution in [1.29, 1.82) is 0 Å². The SMILES string of the molecule is CC.Cc1ccc(Oc2ccc(OCCO)cc2)c([C@H]2NC(=O)CC[C@]23C(=O)Nc2cc(Cl)ccc23)c1.Clc1ccccc1. The highest BCUT2D eigenvalue weighted by molar-refractivity contribution is 6.31. The number of aryl methyl sites for hydroxylation is 1. The van der Waals surface area contributed by atoms with E-state index in [1.165, 1.54) is 0 Å². The maximum absolute atomic E-state index is 13.5. The number of hydrogen-bond donors (Lipinski definition) is 3. The van der Waals surface area contributed by atoms with Crippen molar-refractivity contribution in [3.63, 3.8) is 0 Å². The second-order valence-corrected chi connectivity index (χ2v) is 11.0. The van der Waals surface area contributed by atoms with E-state index in [1.807, 2.05) is 75.4 Å². The largest absolute Gasteiger partial charge is 0.491 e. The Kier molecular flexibility index (Phi) is 11.3. The van der Waals surface area contributed by atoms with Gasteiger partial charge in [-0.2, -0.15) is 0 Å². The summed E-state index contributed by atoms with van der Waals surface area (Å²) in [4.78, 5) is 26.1. The Hall–Kier alpha value is -4.04. The number of amides is 2. The summed E-state index contributed by atoms with van der Waals surface area (Å²) < 4.78 is 11.7. The fraction of sp³-hybridized carbons (Fsp3) is 0.257. The van der Waals surface area contributed by atoms with Crippen molar-refractivity contribution in [3.8, 4) is 17.2 Å². The number of hydrogen-bond acceptors (Lipinski definition) is 5. The van der Waals surface area contributed by atoms with Crippen LogP contribution in [0.4, 0.5) is 5.69 Å². The van der Waals surface area contributed by atoms with Crippen LogP contribution in [0.25, 0.3) is 0 Å². The second-order valence-electron chi connectivity index (χ2n) is 10.1. The summed E-state index contributed by atoms with van der Waals surface area (Å²) in [6, 6.07) is 27.0. The van der Waals surface area contributed by atoms with Crippen LogP contribution in [0.3, 0.4) is 0 Å². The lowest BCUT2D eigenvalue weighted by Gasteiger charge is -2.41. The number of aliphatic hydroxyl groups excluding tert-OH is 1. The molecule has 6 rings (SSSR count). The molecule has 0 aromatic heterocycles. The summed E-state index contributed by atoms with van der Waals surface area (Å²) in [7, 11) is 0. The molecule has 2 aliphatic rings. The predicted octanol–water partition coefficient (Wildman–Crippen LogP) is 8.02. The van der Waals surface area contributed by atoms with Gasteiger partial charge in [0.25, 0.3) is 0 Å². The van der Waals surface area contributed by atoms with E-state index in [1.54, 1.807) is 36.4 Å². The molecule has 7 nitrogen and oxygen atoms in total. The van der Waals surface area contributed by atoms with Crippen LogP contribution in [0.5, 0.6) is 17.2 Å². The van der Waals surface area contributed by atoms with Crippen LogP contribution < -0.4 is 20.1 Å². The van der Waals surface area contributed by atoms with Crippen molar-refractivity contribution in [2.75, 3.05) is 18.5 Å². The number of halogens is 2. The Labute approximate surface area is 268 Å². The molecule has 4 aromatic carbocycles. The third-order valence-electron chi connectivity index (χ3n) is 7.28. The number of nitrogens with one attached hydrogen (secondary N) is 2. The van der Waals surface area contributed by atoms with Crippen LogP contribution in [0, 0.1) is 6.92 Å². The molecule has 0 radical (unpaired) electrons. The zero-order valence-corrected chi connectivity index (χ0v) is 26.4. The number of carbonyl (C=O) groups is 2. The summed E-state index contributed by atoms with van der Waals surface area (Å²) in [6.07, 6.45) is 0.609. The van der Waals surface area contributed by atoms with Gasteiger partial charge in [0, 0.05) is 27.7 Å². The van der Waals surface area contributed by atoms with Gasteiger partial charge in [-0.15, -0.1) is 0 Å². The Balaban J connectivity index is 0.000000427. The maximum Gasteiger partial charge on any atom is 0.237 e. The highest BCUT2D eigenvalue weighted by atomic mass is 35.5. The van der Waals surface area contributed by atoms with E-state index in [9.17, 15) is 9.59 Å². The smallest absolute Gasteiger partial charge is 0.237 e. The number of fused-ring (bicyclic) bond motifs is 2. The van der Waals surface area contributed by atoms with E-state index in [2.05, 4.69) is 10.6 Å². The minimum absolute atomic E-state index is 0.0667. The van der Waals surface area contributed by atoms with Gasteiger partial charge in [0.15, 0.2) is 0 Å². The van der Waals surface area contributed by atoms with Crippen molar-refractivity contribution in [2.45, 2.75) is 45.1 Å². The molecule has 3 N–H and O–H groups in total. The van der Waals surface area contributed by atoms with Crippen LogP contribution in [-0.2, 0) is 15.0 Å². The number of anilines is 1. The highest BCUT2D eigenvalue weighted by Gasteiger charge is 2.56. The van der Waals surface area contributed by atoms with Crippen molar-refractivity contribution < 1.29 is 24.2 Å². The lowest BCUT2D eigenvalue weighted by molar-refractivity contribution is -0.130. The number of carbonyl (C=O) groups excluding carboxylic acids is 2. The van der Waals surface area contributed by atoms with Gasteiger partial charge in [0.05, 0.1) is 12.6 Å². The van der Waals surface area contributed by atoms with E-state index < -0.39 is 11.5 Å². The third-order valence-corrected chi connectivity index (χ3v) is 7.77. The highest BCUT2D eigenvalue weighted by Crippen LogP contribution is 2.53. The fourth-order valence-corrected chi connectivity index (χ4v) is 5.67. The minimum atomic E-state index is -0.984. The van der Waals surface area contributed by atoms with E-state index in [4.69, 9.17) is 37.8 Å². The number of aliphatic hydroxyl groups is 1. The Morgan fingerprint density at radius 1 is 0.886 bits per heavy atom. The van der Waals surface area contributed by atoms with E-state index in [-0.39, 0.29) is 31.4 Å². The quantitative estimate of drug-likeness (QED) is 0.199. The maximum atomic E-state index is 13.5.